The fraction of sp³-hybridized carbons (Fsp3) is 0.111. The molecule has 5 heteroatoms. The molecule has 3 amide bonds. The highest BCUT2D eigenvalue weighted by atomic mass is 16.2. The Bertz CT molecular complexity index is 669. The van der Waals surface area contributed by atoms with Crippen LogP contribution < -0.4 is 16.4 Å². The predicted molar refractivity (Wildman–Crippen MR) is 90.3 cm³/mol. The summed E-state index contributed by atoms with van der Waals surface area (Å²) in [6.45, 7) is 0. The Hall–Kier alpha value is -3.08. The van der Waals surface area contributed by atoms with Gasteiger partial charge in [-0.25, -0.2) is 4.79 Å². The highest BCUT2D eigenvalue weighted by Crippen LogP contribution is 2.03. The van der Waals surface area contributed by atoms with Gasteiger partial charge in [0, 0.05) is 12.6 Å². The Morgan fingerprint density at radius 2 is 1.61 bits per heavy atom. The number of amides is 3. The van der Waals surface area contributed by atoms with Gasteiger partial charge in [-0.15, -0.1) is 0 Å². The second-order valence-corrected chi connectivity index (χ2v) is 5.01. The van der Waals surface area contributed by atoms with Crippen LogP contribution in [-0.2, 0) is 11.2 Å². The first-order valence-electron chi connectivity index (χ1n) is 7.27. The maximum Gasteiger partial charge on any atom is 0.319 e. The van der Waals surface area contributed by atoms with Crippen molar-refractivity contribution in [1.29, 1.82) is 0 Å². The smallest absolute Gasteiger partial charge is 0.319 e. The molecule has 0 spiro atoms. The van der Waals surface area contributed by atoms with Gasteiger partial charge in [0.05, 0.1) is 0 Å². The first kappa shape index (κ1) is 16.3. The minimum atomic E-state index is -0.762. The minimum absolute atomic E-state index is 0.353. The van der Waals surface area contributed by atoms with Gasteiger partial charge in [-0.3, -0.25) is 4.79 Å². The van der Waals surface area contributed by atoms with Crippen LogP contribution in [0.5, 0.6) is 0 Å². The number of carbonyl (C=O) groups is 2. The fourth-order valence-electron chi connectivity index (χ4n) is 2.05. The summed E-state index contributed by atoms with van der Waals surface area (Å²) in [5.41, 5.74) is 7.24. The van der Waals surface area contributed by atoms with Crippen molar-refractivity contribution in [2.24, 2.45) is 5.73 Å². The lowest BCUT2D eigenvalue weighted by atomic mass is 10.1. The largest absolute Gasteiger partial charge is 0.368 e. The Morgan fingerprint density at radius 1 is 1.00 bits per heavy atom. The first-order chi connectivity index (χ1) is 11.1. The first-order valence-corrected chi connectivity index (χ1v) is 7.27. The van der Waals surface area contributed by atoms with Crippen molar-refractivity contribution in [3.63, 3.8) is 0 Å². The molecule has 118 valence electrons. The second kappa shape index (κ2) is 8.38. The highest BCUT2D eigenvalue weighted by Gasteiger charge is 2.17. The van der Waals surface area contributed by atoms with Gasteiger partial charge in [-0.1, -0.05) is 60.7 Å². The molecule has 5 nitrogen and oxygen atoms in total. The van der Waals surface area contributed by atoms with E-state index in [-0.39, 0.29) is 0 Å². The molecule has 1 atom stereocenters. The van der Waals surface area contributed by atoms with E-state index in [4.69, 9.17) is 5.73 Å². The molecule has 0 heterocycles. The van der Waals surface area contributed by atoms with Gasteiger partial charge in [0.15, 0.2) is 0 Å². The number of hydrogen-bond donors (Lipinski definition) is 3. The average Bonchev–Trinajstić information content (AvgIpc) is 2.56. The third-order valence-corrected chi connectivity index (χ3v) is 3.22. The molecule has 0 bridgehead atoms. The van der Waals surface area contributed by atoms with Gasteiger partial charge < -0.3 is 16.4 Å². The quantitative estimate of drug-likeness (QED) is 0.763. The molecule has 2 aromatic rings. The number of carbonyl (C=O) groups excluding carboxylic acids is 2. The van der Waals surface area contributed by atoms with E-state index in [1.54, 1.807) is 6.08 Å². The number of nitrogens with two attached hydrogens (primary N) is 1. The number of benzene rings is 2. The Kier molecular flexibility index (Phi) is 5.94. The maximum atomic E-state index is 11.9. The van der Waals surface area contributed by atoms with E-state index in [2.05, 4.69) is 10.6 Å². The molecule has 0 saturated carbocycles. The lowest BCUT2D eigenvalue weighted by Gasteiger charge is -2.15. The normalized spacial score (nSPS) is 11.8. The fourth-order valence-corrected chi connectivity index (χ4v) is 2.05. The summed E-state index contributed by atoms with van der Waals surface area (Å²) in [7, 11) is 0. The minimum Gasteiger partial charge on any atom is -0.368 e. The summed E-state index contributed by atoms with van der Waals surface area (Å²) in [6, 6.07) is 17.7. The Morgan fingerprint density at radius 3 is 2.22 bits per heavy atom. The van der Waals surface area contributed by atoms with Crippen LogP contribution in [-0.4, -0.2) is 18.0 Å². The third-order valence-electron chi connectivity index (χ3n) is 3.22. The van der Waals surface area contributed by atoms with Gasteiger partial charge in [0.2, 0.25) is 5.91 Å². The van der Waals surface area contributed by atoms with Gasteiger partial charge in [-0.05, 0) is 17.2 Å². The molecule has 23 heavy (non-hydrogen) atoms. The van der Waals surface area contributed by atoms with E-state index in [9.17, 15) is 9.59 Å². The number of rotatable bonds is 6. The Balaban J connectivity index is 1.88. The molecule has 4 N–H and O–H groups in total. The molecule has 1 unspecified atom stereocenters. The molecule has 0 aliphatic rings. The van der Waals surface area contributed by atoms with Gasteiger partial charge in [0.1, 0.15) is 6.04 Å². The van der Waals surface area contributed by atoms with E-state index < -0.39 is 18.0 Å². The summed E-state index contributed by atoms with van der Waals surface area (Å²) in [5.74, 6) is -0.573. The van der Waals surface area contributed by atoms with Crippen molar-refractivity contribution in [2.75, 3.05) is 0 Å². The molecule has 0 aliphatic heterocycles. The van der Waals surface area contributed by atoms with Gasteiger partial charge >= 0.3 is 6.03 Å². The number of primary amides is 1. The van der Waals surface area contributed by atoms with Crippen molar-refractivity contribution >= 4 is 18.0 Å². The molecule has 0 radical (unpaired) electrons. The summed E-state index contributed by atoms with van der Waals surface area (Å²) in [5, 5.41) is 5.14. The van der Waals surface area contributed by atoms with E-state index in [0.717, 1.165) is 11.1 Å². The van der Waals surface area contributed by atoms with Crippen molar-refractivity contribution in [3.05, 3.63) is 78.0 Å². The van der Waals surface area contributed by atoms with Crippen molar-refractivity contribution < 1.29 is 9.59 Å². The van der Waals surface area contributed by atoms with Crippen LogP contribution >= 0.6 is 0 Å². The van der Waals surface area contributed by atoms with Crippen LogP contribution in [0.1, 0.15) is 11.1 Å². The Labute approximate surface area is 135 Å². The molecular formula is C18H19N3O2. The van der Waals surface area contributed by atoms with Crippen LogP contribution in [0.25, 0.3) is 6.08 Å². The molecule has 0 saturated heterocycles. The second-order valence-electron chi connectivity index (χ2n) is 5.01. The molecule has 2 rings (SSSR count). The van der Waals surface area contributed by atoms with E-state index in [1.165, 1.54) is 6.20 Å². The third kappa shape index (κ3) is 5.67. The lowest BCUT2D eigenvalue weighted by Crippen LogP contribution is -2.48. The topological polar surface area (TPSA) is 84.2 Å². The van der Waals surface area contributed by atoms with Crippen LogP contribution in [0.2, 0.25) is 0 Å². The zero-order valence-corrected chi connectivity index (χ0v) is 12.6. The van der Waals surface area contributed by atoms with Crippen LogP contribution in [0.4, 0.5) is 4.79 Å². The van der Waals surface area contributed by atoms with Crippen LogP contribution in [0.15, 0.2) is 66.9 Å². The van der Waals surface area contributed by atoms with E-state index in [0.29, 0.717) is 6.42 Å². The summed E-state index contributed by atoms with van der Waals surface area (Å²) >= 11 is 0. The van der Waals surface area contributed by atoms with E-state index >= 15 is 0 Å². The average molecular weight is 309 g/mol. The lowest BCUT2D eigenvalue weighted by molar-refractivity contribution is -0.119. The summed E-state index contributed by atoms with van der Waals surface area (Å²) in [4.78, 5) is 23.4. The monoisotopic (exact) mass is 309 g/mol. The zero-order valence-electron chi connectivity index (χ0n) is 12.6. The van der Waals surface area contributed by atoms with Crippen molar-refractivity contribution in [2.45, 2.75) is 12.5 Å². The summed E-state index contributed by atoms with van der Waals surface area (Å²) in [6.07, 6.45) is 3.63. The maximum absolute atomic E-state index is 11.9. The van der Waals surface area contributed by atoms with Crippen molar-refractivity contribution in [3.8, 4) is 0 Å². The van der Waals surface area contributed by atoms with Crippen LogP contribution in [0, 0.1) is 0 Å². The van der Waals surface area contributed by atoms with Gasteiger partial charge in [-0.2, -0.15) is 0 Å². The van der Waals surface area contributed by atoms with E-state index in [1.807, 2.05) is 60.7 Å². The zero-order chi connectivity index (χ0) is 16.5. The standard InChI is InChI=1S/C18H19N3O2/c19-17(22)16(13-15-9-5-2-6-10-15)21-18(23)20-12-11-14-7-3-1-4-8-14/h1-12,16H,13H2,(H2,19,22)(H2,20,21,23)/b12-11+. The molecule has 0 fully saturated rings. The SMILES string of the molecule is NC(=O)C(Cc1ccccc1)NC(=O)N/C=C/c1ccccc1. The summed E-state index contributed by atoms with van der Waals surface area (Å²) < 4.78 is 0. The number of hydrogen-bond acceptors (Lipinski definition) is 2. The highest BCUT2D eigenvalue weighted by molar-refractivity contribution is 5.86. The molecule has 0 aromatic heterocycles. The number of urea groups is 1. The van der Waals surface area contributed by atoms with Gasteiger partial charge in [0.25, 0.3) is 0 Å². The molecule has 2 aromatic carbocycles. The van der Waals surface area contributed by atoms with Crippen LogP contribution in [0.3, 0.4) is 0 Å². The number of nitrogens with one attached hydrogen (secondary N) is 2. The van der Waals surface area contributed by atoms with Crippen molar-refractivity contribution in [1.82, 2.24) is 10.6 Å². The predicted octanol–water partition coefficient (Wildman–Crippen LogP) is 2.05. The molecular weight excluding hydrogens is 290 g/mol. The molecule has 0 aliphatic carbocycles.